The lowest BCUT2D eigenvalue weighted by Gasteiger charge is -2.20. The van der Waals surface area contributed by atoms with E-state index in [1.165, 1.54) is 5.56 Å². The molecular weight excluding hydrogens is 286 g/mol. The number of hydrogen-bond donors (Lipinski definition) is 0. The van der Waals surface area contributed by atoms with Crippen molar-refractivity contribution < 1.29 is 9.53 Å². The molecule has 2 rings (SSSR count). The molecule has 2 aromatic carbocycles. The largest absolute Gasteiger partial charge is 0.459 e. The van der Waals surface area contributed by atoms with Crippen LogP contribution in [0.2, 0.25) is 0 Å². The van der Waals surface area contributed by atoms with Crippen LogP contribution in [0.4, 0.5) is 0 Å². The molecule has 0 aromatic heterocycles. The third kappa shape index (κ3) is 6.25. The number of carbonyl (C=O) groups is 1. The lowest BCUT2D eigenvalue weighted by atomic mass is 10.0. The molecule has 0 N–H and O–H groups in total. The Bertz CT molecular complexity index is 581. The third-order valence-electron chi connectivity index (χ3n) is 3.78. The molecule has 23 heavy (non-hydrogen) atoms. The van der Waals surface area contributed by atoms with Gasteiger partial charge in [-0.2, -0.15) is 0 Å². The molecule has 3 heteroatoms. The first-order valence-electron chi connectivity index (χ1n) is 8.10. The van der Waals surface area contributed by atoms with Crippen LogP contribution in [-0.2, 0) is 11.2 Å². The highest BCUT2D eigenvalue weighted by Gasteiger charge is 2.16. The van der Waals surface area contributed by atoms with Crippen LogP contribution in [-0.4, -0.2) is 37.6 Å². The van der Waals surface area contributed by atoms with Crippen molar-refractivity contribution in [2.45, 2.75) is 25.4 Å². The average Bonchev–Trinajstić information content (AvgIpc) is 2.58. The number of benzene rings is 2. The van der Waals surface area contributed by atoms with Gasteiger partial charge in [-0.05, 0) is 51.1 Å². The molecule has 2 aromatic rings. The van der Waals surface area contributed by atoms with Gasteiger partial charge in [-0.1, -0.05) is 48.5 Å². The number of ether oxygens (including phenoxy) is 1. The molecule has 0 unspecified atom stereocenters. The summed E-state index contributed by atoms with van der Waals surface area (Å²) < 4.78 is 5.74. The molecule has 0 saturated heterocycles. The van der Waals surface area contributed by atoms with Crippen LogP contribution in [0.3, 0.4) is 0 Å². The minimum atomic E-state index is -0.234. The minimum Gasteiger partial charge on any atom is -0.459 e. The minimum absolute atomic E-state index is 0.0645. The summed E-state index contributed by atoms with van der Waals surface area (Å²) >= 11 is 0. The molecule has 0 aliphatic heterocycles. The third-order valence-corrected chi connectivity index (χ3v) is 3.78. The van der Waals surface area contributed by atoms with Crippen molar-refractivity contribution in [1.29, 1.82) is 0 Å². The van der Waals surface area contributed by atoms with E-state index in [0.29, 0.717) is 5.56 Å². The van der Waals surface area contributed by atoms with Gasteiger partial charge in [0.2, 0.25) is 0 Å². The molecule has 1 atom stereocenters. The summed E-state index contributed by atoms with van der Waals surface area (Å²) in [5.74, 6) is -0.234. The Morgan fingerprint density at radius 1 is 0.957 bits per heavy atom. The topological polar surface area (TPSA) is 29.5 Å². The smallest absolute Gasteiger partial charge is 0.338 e. The van der Waals surface area contributed by atoms with Crippen LogP contribution in [0.5, 0.6) is 0 Å². The monoisotopic (exact) mass is 311 g/mol. The zero-order chi connectivity index (χ0) is 16.5. The highest BCUT2D eigenvalue weighted by atomic mass is 16.5. The van der Waals surface area contributed by atoms with Crippen LogP contribution in [0.25, 0.3) is 0 Å². The first-order valence-corrected chi connectivity index (χ1v) is 8.10. The summed E-state index contributed by atoms with van der Waals surface area (Å²) in [5, 5.41) is 0. The van der Waals surface area contributed by atoms with Crippen LogP contribution in [0.15, 0.2) is 60.7 Å². The van der Waals surface area contributed by atoms with E-state index in [1.54, 1.807) is 12.1 Å². The molecule has 0 aliphatic rings. The second-order valence-electron chi connectivity index (χ2n) is 6.01. The first-order chi connectivity index (χ1) is 11.1. The van der Waals surface area contributed by atoms with Crippen molar-refractivity contribution in [1.82, 2.24) is 4.90 Å². The zero-order valence-corrected chi connectivity index (χ0v) is 13.9. The van der Waals surface area contributed by atoms with Gasteiger partial charge in [0.1, 0.15) is 6.10 Å². The molecule has 0 aliphatic carbocycles. The maximum atomic E-state index is 12.3. The van der Waals surface area contributed by atoms with Crippen LogP contribution in [0.1, 0.15) is 28.8 Å². The van der Waals surface area contributed by atoms with Gasteiger partial charge >= 0.3 is 5.97 Å². The fourth-order valence-electron chi connectivity index (χ4n) is 2.43. The van der Waals surface area contributed by atoms with Gasteiger partial charge in [-0.3, -0.25) is 0 Å². The Morgan fingerprint density at radius 2 is 1.57 bits per heavy atom. The van der Waals surface area contributed by atoms with Gasteiger partial charge in [-0.15, -0.1) is 0 Å². The van der Waals surface area contributed by atoms with E-state index >= 15 is 0 Å². The second kappa shape index (κ2) is 9.11. The Morgan fingerprint density at radius 3 is 2.17 bits per heavy atom. The number of rotatable bonds is 8. The Labute approximate surface area is 138 Å². The van der Waals surface area contributed by atoms with Crippen molar-refractivity contribution >= 4 is 5.97 Å². The predicted molar refractivity (Wildman–Crippen MR) is 93.6 cm³/mol. The maximum absolute atomic E-state index is 12.3. The summed E-state index contributed by atoms with van der Waals surface area (Å²) in [6.07, 6.45) is 2.54. The van der Waals surface area contributed by atoms with Gasteiger partial charge in [0.15, 0.2) is 0 Å². The van der Waals surface area contributed by atoms with E-state index in [1.807, 2.05) is 50.5 Å². The van der Waals surface area contributed by atoms with Crippen molar-refractivity contribution in [2.24, 2.45) is 0 Å². The van der Waals surface area contributed by atoms with Crippen molar-refractivity contribution in [3.05, 3.63) is 71.8 Å². The molecule has 0 bridgehead atoms. The zero-order valence-electron chi connectivity index (χ0n) is 13.9. The Balaban J connectivity index is 1.94. The van der Waals surface area contributed by atoms with E-state index < -0.39 is 0 Å². The molecular formula is C20H25NO2. The van der Waals surface area contributed by atoms with Gasteiger partial charge in [0, 0.05) is 6.54 Å². The summed E-state index contributed by atoms with van der Waals surface area (Å²) in [7, 11) is 4.07. The Hall–Kier alpha value is -2.13. The van der Waals surface area contributed by atoms with Crippen molar-refractivity contribution in [3.63, 3.8) is 0 Å². The van der Waals surface area contributed by atoms with Crippen LogP contribution >= 0.6 is 0 Å². The standard InChI is InChI=1S/C20H25NO2/c1-21(2)16-15-19(14-13-17-9-5-3-6-10-17)23-20(22)18-11-7-4-8-12-18/h3-12,19H,13-16H2,1-2H3/t19-/m1/s1. The number of esters is 1. The fourth-order valence-corrected chi connectivity index (χ4v) is 2.43. The SMILES string of the molecule is CN(C)CC[C@@H](CCc1ccccc1)OC(=O)c1ccccc1. The lowest BCUT2D eigenvalue weighted by Crippen LogP contribution is -2.25. The van der Waals surface area contributed by atoms with E-state index in [4.69, 9.17) is 4.74 Å². The summed E-state index contributed by atoms with van der Waals surface area (Å²) in [5.41, 5.74) is 1.89. The molecule has 0 spiro atoms. The van der Waals surface area contributed by atoms with E-state index in [9.17, 15) is 4.79 Å². The van der Waals surface area contributed by atoms with Gasteiger partial charge < -0.3 is 9.64 Å². The van der Waals surface area contributed by atoms with E-state index in [0.717, 1.165) is 25.8 Å². The first kappa shape index (κ1) is 17.2. The molecule has 3 nitrogen and oxygen atoms in total. The molecule has 0 radical (unpaired) electrons. The van der Waals surface area contributed by atoms with Crippen LogP contribution < -0.4 is 0 Å². The fraction of sp³-hybridized carbons (Fsp3) is 0.350. The number of nitrogens with zero attached hydrogens (tertiary/aromatic N) is 1. The average molecular weight is 311 g/mol. The summed E-state index contributed by atoms with van der Waals surface area (Å²) in [6.45, 7) is 0.904. The molecule has 0 saturated carbocycles. The van der Waals surface area contributed by atoms with Crippen molar-refractivity contribution in [2.75, 3.05) is 20.6 Å². The lowest BCUT2D eigenvalue weighted by molar-refractivity contribution is 0.0246. The van der Waals surface area contributed by atoms with Crippen molar-refractivity contribution in [3.8, 4) is 0 Å². The molecule has 0 amide bonds. The van der Waals surface area contributed by atoms with Gasteiger partial charge in [0.05, 0.1) is 5.56 Å². The molecule has 0 fully saturated rings. The number of aryl methyl sites for hydroxylation is 1. The maximum Gasteiger partial charge on any atom is 0.338 e. The second-order valence-corrected chi connectivity index (χ2v) is 6.01. The number of carbonyl (C=O) groups excluding carboxylic acids is 1. The van der Waals surface area contributed by atoms with Gasteiger partial charge in [0.25, 0.3) is 0 Å². The highest BCUT2D eigenvalue weighted by molar-refractivity contribution is 5.89. The summed E-state index contributed by atoms with van der Waals surface area (Å²) in [4.78, 5) is 14.4. The van der Waals surface area contributed by atoms with E-state index in [2.05, 4.69) is 17.0 Å². The van der Waals surface area contributed by atoms with Gasteiger partial charge in [-0.25, -0.2) is 4.79 Å². The molecule has 122 valence electrons. The predicted octanol–water partition coefficient (Wildman–Crippen LogP) is 3.80. The highest BCUT2D eigenvalue weighted by Crippen LogP contribution is 2.13. The Kier molecular flexibility index (Phi) is 6.82. The number of hydrogen-bond acceptors (Lipinski definition) is 3. The normalized spacial score (nSPS) is 12.1. The molecule has 0 heterocycles. The summed E-state index contributed by atoms with van der Waals surface area (Å²) in [6, 6.07) is 19.5. The van der Waals surface area contributed by atoms with Crippen LogP contribution in [0, 0.1) is 0 Å². The quantitative estimate of drug-likeness (QED) is 0.695. The van der Waals surface area contributed by atoms with E-state index in [-0.39, 0.29) is 12.1 Å².